The molecule has 0 bridgehead atoms. The average molecular weight is 270 g/mol. The SMILES string of the molecule is CC.CC.CCCCc1ccc(-c2ccccc2)cc1. The Balaban J connectivity index is 0.000000829. The Kier molecular flexibility index (Phi) is 11.5. The van der Waals surface area contributed by atoms with Crippen LogP contribution in [-0.4, -0.2) is 0 Å². The first-order chi connectivity index (χ1) is 9.90. The highest BCUT2D eigenvalue weighted by atomic mass is 14.0. The van der Waals surface area contributed by atoms with Crippen molar-refractivity contribution in [1.82, 2.24) is 0 Å². The van der Waals surface area contributed by atoms with E-state index in [2.05, 4.69) is 61.5 Å². The molecular formula is C20H30. The minimum absolute atomic E-state index is 1.20. The molecule has 0 aromatic heterocycles. The summed E-state index contributed by atoms with van der Waals surface area (Å²) in [6.45, 7) is 10.2. The van der Waals surface area contributed by atoms with Crippen LogP contribution in [0.2, 0.25) is 0 Å². The Labute approximate surface area is 125 Å². The maximum Gasteiger partial charge on any atom is -0.0184 e. The minimum Gasteiger partial charge on any atom is -0.0683 e. The zero-order valence-electron chi connectivity index (χ0n) is 13.8. The lowest BCUT2D eigenvalue weighted by atomic mass is 10.0. The molecule has 0 aliphatic carbocycles. The Morgan fingerprint density at radius 1 is 0.650 bits per heavy atom. The van der Waals surface area contributed by atoms with E-state index in [0.29, 0.717) is 0 Å². The van der Waals surface area contributed by atoms with Crippen LogP contribution in [0.15, 0.2) is 54.6 Å². The highest BCUT2D eigenvalue weighted by molar-refractivity contribution is 5.63. The van der Waals surface area contributed by atoms with Gasteiger partial charge in [0.15, 0.2) is 0 Å². The number of hydrogen-bond acceptors (Lipinski definition) is 0. The Bertz CT molecular complexity index is 412. The van der Waals surface area contributed by atoms with Crippen molar-refractivity contribution >= 4 is 0 Å². The lowest BCUT2D eigenvalue weighted by molar-refractivity contribution is 0.795. The van der Waals surface area contributed by atoms with Gasteiger partial charge in [-0.25, -0.2) is 0 Å². The summed E-state index contributed by atoms with van der Waals surface area (Å²) in [5, 5.41) is 0. The second-order valence-electron chi connectivity index (χ2n) is 4.17. The Morgan fingerprint density at radius 2 is 1.15 bits per heavy atom. The largest absolute Gasteiger partial charge is 0.0683 e. The summed E-state index contributed by atoms with van der Waals surface area (Å²) in [7, 11) is 0. The molecule has 0 spiro atoms. The molecule has 0 saturated carbocycles. The third kappa shape index (κ3) is 6.56. The van der Waals surface area contributed by atoms with Gasteiger partial charge in [0.1, 0.15) is 0 Å². The first-order valence-corrected chi connectivity index (χ1v) is 8.04. The van der Waals surface area contributed by atoms with Crippen molar-refractivity contribution in [3.8, 4) is 11.1 Å². The first-order valence-electron chi connectivity index (χ1n) is 8.04. The standard InChI is InChI=1S/C16H18.2C2H6/c1-2-3-7-14-10-12-16(13-11-14)15-8-5-4-6-9-15;2*1-2/h4-6,8-13H,2-3,7H2,1H3;2*1-2H3. The molecule has 0 radical (unpaired) electrons. The van der Waals surface area contributed by atoms with E-state index in [-0.39, 0.29) is 0 Å². The maximum atomic E-state index is 2.25. The van der Waals surface area contributed by atoms with E-state index in [4.69, 9.17) is 0 Å². The summed E-state index contributed by atoms with van der Waals surface area (Å²) in [4.78, 5) is 0. The van der Waals surface area contributed by atoms with Gasteiger partial charge in [-0.2, -0.15) is 0 Å². The highest BCUT2D eigenvalue weighted by Crippen LogP contribution is 2.19. The molecule has 0 aliphatic heterocycles. The number of aryl methyl sites for hydroxylation is 1. The van der Waals surface area contributed by atoms with Gasteiger partial charge in [0, 0.05) is 0 Å². The first kappa shape index (κ1) is 18.4. The molecule has 110 valence electrons. The summed E-state index contributed by atoms with van der Waals surface area (Å²) in [6.07, 6.45) is 3.75. The number of rotatable bonds is 4. The second-order valence-corrected chi connectivity index (χ2v) is 4.17. The molecule has 20 heavy (non-hydrogen) atoms. The number of hydrogen-bond donors (Lipinski definition) is 0. The molecule has 2 aromatic rings. The minimum atomic E-state index is 1.20. The van der Waals surface area contributed by atoms with Crippen molar-refractivity contribution in [3.05, 3.63) is 60.2 Å². The molecule has 0 N–H and O–H groups in total. The molecule has 0 unspecified atom stereocenters. The molecule has 0 aliphatic rings. The zero-order chi connectivity index (χ0) is 15.2. The Hall–Kier alpha value is -1.56. The molecule has 0 atom stereocenters. The fourth-order valence-corrected chi connectivity index (χ4v) is 1.88. The molecular weight excluding hydrogens is 240 g/mol. The summed E-state index contributed by atoms with van der Waals surface area (Å²) in [5.41, 5.74) is 4.05. The summed E-state index contributed by atoms with van der Waals surface area (Å²) >= 11 is 0. The van der Waals surface area contributed by atoms with Gasteiger partial charge in [0.2, 0.25) is 0 Å². The fraction of sp³-hybridized carbons (Fsp3) is 0.400. The van der Waals surface area contributed by atoms with Crippen LogP contribution in [0.5, 0.6) is 0 Å². The highest BCUT2D eigenvalue weighted by Gasteiger charge is 1.96. The van der Waals surface area contributed by atoms with Crippen LogP contribution < -0.4 is 0 Å². The van der Waals surface area contributed by atoms with Crippen molar-refractivity contribution in [2.75, 3.05) is 0 Å². The predicted octanol–water partition coefficient (Wildman–Crippen LogP) is 6.75. The van der Waals surface area contributed by atoms with Crippen LogP contribution in [0.25, 0.3) is 11.1 Å². The van der Waals surface area contributed by atoms with Crippen molar-refractivity contribution in [2.45, 2.75) is 53.9 Å². The normalized spacial score (nSPS) is 8.85. The van der Waals surface area contributed by atoms with Crippen molar-refractivity contribution in [3.63, 3.8) is 0 Å². The molecule has 2 aromatic carbocycles. The quantitative estimate of drug-likeness (QED) is 0.576. The lowest BCUT2D eigenvalue weighted by Gasteiger charge is -2.03. The fourth-order valence-electron chi connectivity index (χ4n) is 1.88. The van der Waals surface area contributed by atoms with Crippen LogP contribution in [0, 0.1) is 0 Å². The van der Waals surface area contributed by atoms with Gasteiger partial charge in [0.25, 0.3) is 0 Å². The topological polar surface area (TPSA) is 0 Å². The van der Waals surface area contributed by atoms with Crippen LogP contribution in [0.1, 0.15) is 53.0 Å². The summed E-state index contributed by atoms with van der Waals surface area (Å²) in [5.74, 6) is 0. The van der Waals surface area contributed by atoms with E-state index in [0.717, 1.165) is 0 Å². The van der Waals surface area contributed by atoms with Gasteiger partial charge in [-0.1, -0.05) is 95.6 Å². The van der Waals surface area contributed by atoms with Crippen molar-refractivity contribution in [2.24, 2.45) is 0 Å². The molecule has 0 amide bonds. The van der Waals surface area contributed by atoms with Crippen LogP contribution in [0.4, 0.5) is 0 Å². The van der Waals surface area contributed by atoms with E-state index in [1.807, 2.05) is 27.7 Å². The van der Waals surface area contributed by atoms with E-state index >= 15 is 0 Å². The van der Waals surface area contributed by atoms with Gasteiger partial charge < -0.3 is 0 Å². The molecule has 0 heteroatoms. The molecule has 0 saturated heterocycles. The summed E-state index contributed by atoms with van der Waals surface area (Å²) in [6, 6.07) is 19.5. The van der Waals surface area contributed by atoms with Gasteiger partial charge in [-0.15, -0.1) is 0 Å². The summed E-state index contributed by atoms with van der Waals surface area (Å²) < 4.78 is 0. The molecule has 0 heterocycles. The maximum absolute atomic E-state index is 2.25. The molecule has 2 rings (SSSR count). The number of benzene rings is 2. The number of unbranched alkanes of at least 4 members (excludes halogenated alkanes) is 1. The van der Waals surface area contributed by atoms with Crippen molar-refractivity contribution < 1.29 is 0 Å². The second kappa shape index (κ2) is 12.5. The van der Waals surface area contributed by atoms with E-state index in [9.17, 15) is 0 Å². The third-order valence-corrected chi connectivity index (χ3v) is 2.88. The van der Waals surface area contributed by atoms with Gasteiger partial charge in [-0.05, 0) is 29.5 Å². The monoisotopic (exact) mass is 270 g/mol. The van der Waals surface area contributed by atoms with Crippen LogP contribution in [0.3, 0.4) is 0 Å². The predicted molar refractivity (Wildman–Crippen MR) is 93.2 cm³/mol. The molecule has 0 fully saturated rings. The van der Waals surface area contributed by atoms with E-state index in [1.165, 1.54) is 36.0 Å². The third-order valence-electron chi connectivity index (χ3n) is 2.88. The smallest absolute Gasteiger partial charge is 0.0184 e. The van der Waals surface area contributed by atoms with Gasteiger partial charge >= 0.3 is 0 Å². The van der Waals surface area contributed by atoms with Crippen molar-refractivity contribution in [1.29, 1.82) is 0 Å². The lowest BCUT2D eigenvalue weighted by Crippen LogP contribution is -1.84. The average Bonchev–Trinajstić information content (AvgIpc) is 2.58. The zero-order valence-corrected chi connectivity index (χ0v) is 13.8. The van der Waals surface area contributed by atoms with E-state index in [1.54, 1.807) is 0 Å². The Morgan fingerprint density at radius 3 is 1.65 bits per heavy atom. The van der Waals surface area contributed by atoms with Crippen LogP contribution >= 0.6 is 0 Å². The molecule has 0 nitrogen and oxygen atoms in total. The van der Waals surface area contributed by atoms with E-state index < -0.39 is 0 Å². The van der Waals surface area contributed by atoms with Gasteiger partial charge in [0.05, 0.1) is 0 Å². The van der Waals surface area contributed by atoms with Gasteiger partial charge in [-0.3, -0.25) is 0 Å². The van der Waals surface area contributed by atoms with Crippen LogP contribution in [-0.2, 0) is 6.42 Å².